The Hall–Kier alpha value is -0.690. The lowest BCUT2D eigenvalue weighted by Crippen LogP contribution is -2.02. The van der Waals surface area contributed by atoms with Gasteiger partial charge in [0, 0.05) is 5.56 Å². The molecule has 0 aliphatic carbocycles. The van der Waals surface area contributed by atoms with Crippen LogP contribution >= 0.6 is 34.8 Å². The molecule has 2 aromatic carbocycles. The number of halogens is 3. The summed E-state index contributed by atoms with van der Waals surface area (Å²) in [6, 6.07) is 18.2. The van der Waals surface area contributed by atoms with Crippen molar-refractivity contribution in [2.24, 2.45) is 0 Å². The van der Waals surface area contributed by atoms with E-state index < -0.39 is 3.79 Å². The molecule has 0 nitrogen and oxygen atoms in total. The standard InChI is InChI=1S/C13H8Cl3/c14-13(15,16)12-9-5-4-8-11(12)10-6-2-1-3-7-10/h1-4,6-9H. The van der Waals surface area contributed by atoms with E-state index in [9.17, 15) is 0 Å². The average Bonchev–Trinajstić information content (AvgIpc) is 2.29. The predicted molar refractivity (Wildman–Crippen MR) is 70.0 cm³/mol. The highest BCUT2D eigenvalue weighted by Crippen LogP contribution is 2.42. The van der Waals surface area contributed by atoms with E-state index in [1.54, 1.807) is 6.07 Å². The number of alkyl halides is 3. The molecule has 0 atom stereocenters. The first-order valence-electron chi connectivity index (χ1n) is 4.72. The van der Waals surface area contributed by atoms with Gasteiger partial charge in [-0.05, 0) is 23.3 Å². The highest BCUT2D eigenvalue weighted by molar-refractivity contribution is 6.67. The van der Waals surface area contributed by atoms with Gasteiger partial charge in [0.2, 0.25) is 3.79 Å². The van der Waals surface area contributed by atoms with Gasteiger partial charge in [0.05, 0.1) is 0 Å². The molecule has 1 radical (unpaired) electrons. The molecule has 0 aromatic heterocycles. The van der Waals surface area contributed by atoms with Gasteiger partial charge in [-0.3, -0.25) is 0 Å². The Morgan fingerprint density at radius 1 is 0.938 bits per heavy atom. The van der Waals surface area contributed by atoms with Crippen LogP contribution in [0.4, 0.5) is 0 Å². The molecule has 0 aliphatic heterocycles. The Balaban J connectivity index is 2.58. The first-order valence-corrected chi connectivity index (χ1v) is 5.85. The maximum atomic E-state index is 5.92. The van der Waals surface area contributed by atoms with E-state index in [2.05, 4.69) is 6.07 Å². The second-order valence-corrected chi connectivity index (χ2v) is 5.62. The molecular formula is C13H8Cl3. The highest BCUT2D eigenvalue weighted by atomic mass is 35.6. The first-order chi connectivity index (χ1) is 7.59. The molecule has 0 unspecified atom stereocenters. The van der Waals surface area contributed by atoms with Gasteiger partial charge >= 0.3 is 0 Å². The van der Waals surface area contributed by atoms with Crippen LogP contribution in [0.5, 0.6) is 0 Å². The lowest BCUT2D eigenvalue weighted by atomic mass is 10.0. The molecule has 3 heteroatoms. The van der Waals surface area contributed by atoms with Crippen LogP contribution in [0.1, 0.15) is 5.56 Å². The summed E-state index contributed by atoms with van der Waals surface area (Å²) in [5, 5.41) is 0. The molecule has 81 valence electrons. The van der Waals surface area contributed by atoms with Crippen LogP contribution in [0, 0.1) is 6.07 Å². The third-order valence-corrected chi connectivity index (χ3v) is 2.87. The highest BCUT2D eigenvalue weighted by Gasteiger charge is 2.25. The summed E-state index contributed by atoms with van der Waals surface area (Å²) in [6.07, 6.45) is 0. The van der Waals surface area contributed by atoms with Crippen molar-refractivity contribution in [3.05, 3.63) is 60.2 Å². The fourth-order valence-electron chi connectivity index (χ4n) is 1.53. The van der Waals surface area contributed by atoms with Crippen LogP contribution in [0.3, 0.4) is 0 Å². The van der Waals surface area contributed by atoms with Gasteiger partial charge in [-0.25, -0.2) is 0 Å². The zero-order valence-electron chi connectivity index (χ0n) is 8.25. The molecule has 0 bridgehead atoms. The smallest absolute Gasteiger partial charge is 0.0784 e. The van der Waals surface area contributed by atoms with E-state index in [-0.39, 0.29) is 0 Å². The van der Waals surface area contributed by atoms with Crippen molar-refractivity contribution in [3.8, 4) is 11.1 Å². The fraction of sp³-hybridized carbons (Fsp3) is 0.0769. The second-order valence-electron chi connectivity index (χ2n) is 3.34. The lowest BCUT2D eigenvalue weighted by Gasteiger charge is -2.16. The van der Waals surface area contributed by atoms with Crippen molar-refractivity contribution in [2.45, 2.75) is 3.79 Å². The lowest BCUT2D eigenvalue weighted by molar-refractivity contribution is 1.24. The monoisotopic (exact) mass is 269 g/mol. The third kappa shape index (κ3) is 2.52. The molecular weight excluding hydrogens is 263 g/mol. The van der Waals surface area contributed by atoms with Gasteiger partial charge in [-0.15, -0.1) is 0 Å². The van der Waals surface area contributed by atoms with Crippen LogP contribution in [0.25, 0.3) is 11.1 Å². The zero-order valence-corrected chi connectivity index (χ0v) is 10.5. The summed E-state index contributed by atoms with van der Waals surface area (Å²) >= 11 is 17.8. The van der Waals surface area contributed by atoms with Gasteiger partial charge in [-0.1, -0.05) is 77.3 Å². The minimum absolute atomic E-state index is 0.645. The fourth-order valence-corrected chi connectivity index (χ4v) is 2.00. The molecule has 2 rings (SSSR count). The summed E-state index contributed by atoms with van der Waals surface area (Å²) in [6.45, 7) is 0. The third-order valence-electron chi connectivity index (χ3n) is 2.25. The van der Waals surface area contributed by atoms with Crippen LogP contribution < -0.4 is 0 Å². The van der Waals surface area contributed by atoms with Crippen LogP contribution in [0.15, 0.2) is 48.5 Å². The van der Waals surface area contributed by atoms with Gasteiger partial charge in [0.25, 0.3) is 0 Å². The van der Waals surface area contributed by atoms with Crippen LogP contribution in [0.2, 0.25) is 0 Å². The van der Waals surface area contributed by atoms with Gasteiger partial charge in [0.1, 0.15) is 0 Å². The van der Waals surface area contributed by atoms with Crippen molar-refractivity contribution in [1.82, 2.24) is 0 Å². The molecule has 2 aromatic rings. The van der Waals surface area contributed by atoms with Crippen molar-refractivity contribution in [2.75, 3.05) is 0 Å². The number of hydrogen-bond acceptors (Lipinski definition) is 0. The van der Waals surface area contributed by atoms with E-state index >= 15 is 0 Å². The van der Waals surface area contributed by atoms with Crippen molar-refractivity contribution >= 4 is 34.8 Å². The predicted octanol–water partition coefficient (Wildman–Crippen LogP) is 4.98. The Labute approximate surface area is 110 Å². The van der Waals surface area contributed by atoms with E-state index in [0.717, 1.165) is 11.1 Å². The van der Waals surface area contributed by atoms with E-state index in [4.69, 9.17) is 34.8 Å². The van der Waals surface area contributed by atoms with E-state index in [0.29, 0.717) is 5.56 Å². The normalized spacial score (nSPS) is 11.4. The maximum absolute atomic E-state index is 5.92. The zero-order chi connectivity index (χ0) is 11.6. The van der Waals surface area contributed by atoms with Crippen molar-refractivity contribution < 1.29 is 0 Å². The summed E-state index contributed by atoms with van der Waals surface area (Å²) in [5.41, 5.74) is 2.59. The van der Waals surface area contributed by atoms with Crippen molar-refractivity contribution in [1.29, 1.82) is 0 Å². The minimum atomic E-state index is -1.43. The topological polar surface area (TPSA) is 0 Å². The average molecular weight is 271 g/mol. The Kier molecular flexibility index (Phi) is 3.44. The second kappa shape index (κ2) is 4.67. The number of hydrogen-bond donors (Lipinski definition) is 0. The van der Waals surface area contributed by atoms with E-state index in [1.807, 2.05) is 42.5 Å². The quantitative estimate of drug-likeness (QED) is 0.641. The van der Waals surface area contributed by atoms with Crippen LogP contribution in [-0.4, -0.2) is 0 Å². The van der Waals surface area contributed by atoms with E-state index in [1.165, 1.54) is 0 Å². The largest absolute Gasteiger partial charge is 0.216 e. The summed E-state index contributed by atoms with van der Waals surface area (Å²) in [4.78, 5) is 0. The molecule has 0 saturated heterocycles. The first kappa shape index (κ1) is 11.8. The molecule has 0 aliphatic rings. The summed E-state index contributed by atoms with van der Waals surface area (Å²) in [5.74, 6) is 0. The molecule has 16 heavy (non-hydrogen) atoms. The SMILES string of the molecule is ClC(Cl)(Cl)c1c[c]ccc1-c1ccccc1. The van der Waals surface area contributed by atoms with Crippen molar-refractivity contribution in [3.63, 3.8) is 0 Å². The van der Waals surface area contributed by atoms with Gasteiger partial charge in [-0.2, -0.15) is 0 Å². The Morgan fingerprint density at radius 3 is 2.25 bits per heavy atom. The van der Waals surface area contributed by atoms with Gasteiger partial charge < -0.3 is 0 Å². The Morgan fingerprint density at radius 2 is 1.62 bits per heavy atom. The maximum Gasteiger partial charge on any atom is 0.216 e. The number of rotatable bonds is 1. The van der Waals surface area contributed by atoms with Crippen LogP contribution in [-0.2, 0) is 3.79 Å². The summed E-state index contributed by atoms with van der Waals surface area (Å²) in [7, 11) is 0. The number of benzene rings is 2. The molecule has 0 saturated carbocycles. The molecule has 0 fully saturated rings. The minimum Gasteiger partial charge on any atom is -0.0784 e. The molecule has 0 N–H and O–H groups in total. The summed E-state index contributed by atoms with van der Waals surface area (Å²) < 4.78 is -1.43. The molecule has 0 heterocycles. The molecule has 0 spiro atoms. The Bertz CT molecular complexity index is 472. The van der Waals surface area contributed by atoms with Gasteiger partial charge in [0.15, 0.2) is 0 Å². The molecule has 0 amide bonds.